The lowest BCUT2D eigenvalue weighted by atomic mass is 10.1. The number of rotatable bonds is 4. The number of aromatic nitrogens is 2. The van der Waals surface area contributed by atoms with Crippen LogP contribution in [0, 0.1) is 17.1 Å². The molecule has 0 spiro atoms. The molecule has 0 bridgehead atoms. The molecule has 0 amide bonds. The first-order valence-corrected chi connectivity index (χ1v) is 5.43. The second-order valence-corrected chi connectivity index (χ2v) is 3.76. The molecule has 5 heteroatoms. The third-order valence-corrected chi connectivity index (χ3v) is 2.37. The van der Waals surface area contributed by atoms with Crippen LogP contribution < -0.4 is 5.32 Å². The van der Waals surface area contributed by atoms with Crippen molar-refractivity contribution in [2.45, 2.75) is 13.1 Å². The van der Waals surface area contributed by atoms with Crippen LogP contribution in [-0.2, 0) is 13.1 Å². The van der Waals surface area contributed by atoms with Gasteiger partial charge in [0.25, 0.3) is 0 Å². The molecule has 0 atom stereocenters. The van der Waals surface area contributed by atoms with E-state index in [9.17, 15) is 4.39 Å². The van der Waals surface area contributed by atoms with Crippen molar-refractivity contribution >= 4 is 0 Å². The number of hydrogen-bond donors (Lipinski definition) is 1. The van der Waals surface area contributed by atoms with E-state index in [1.807, 2.05) is 6.07 Å². The van der Waals surface area contributed by atoms with Gasteiger partial charge in [-0.2, -0.15) is 5.26 Å². The predicted molar refractivity (Wildman–Crippen MR) is 63.7 cm³/mol. The number of halogens is 1. The Morgan fingerprint density at radius 3 is 2.89 bits per heavy atom. The normalized spacial score (nSPS) is 10.0. The lowest BCUT2D eigenvalue weighted by Gasteiger charge is -2.05. The molecule has 1 aromatic carbocycles. The van der Waals surface area contributed by atoms with Gasteiger partial charge in [0.15, 0.2) is 0 Å². The molecule has 0 aliphatic rings. The first-order valence-electron chi connectivity index (χ1n) is 5.43. The second kappa shape index (κ2) is 5.84. The zero-order valence-corrected chi connectivity index (χ0v) is 9.60. The van der Waals surface area contributed by atoms with Gasteiger partial charge < -0.3 is 5.32 Å². The Kier molecular flexibility index (Phi) is 3.94. The van der Waals surface area contributed by atoms with Gasteiger partial charge in [0, 0.05) is 19.3 Å². The number of hydrogen-bond acceptors (Lipinski definition) is 4. The maximum Gasteiger partial charge on any atom is 0.124 e. The van der Waals surface area contributed by atoms with Crippen molar-refractivity contribution in [3.63, 3.8) is 0 Å². The number of nitriles is 1. The van der Waals surface area contributed by atoms with Gasteiger partial charge >= 0.3 is 0 Å². The maximum atomic E-state index is 13.2. The largest absolute Gasteiger partial charge is 0.307 e. The van der Waals surface area contributed by atoms with E-state index < -0.39 is 5.82 Å². The van der Waals surface area contributed by atoms with E-state index >= 15 is 0 Å². The van der Waals surface area contributed by atoms with E-state index in [4.69, 9.17) is 5.26 Å². The standard InChI is InChI=1S/C13H11FN4/c14-12-4-10(6-15)3-11(5-12)7-17-8-13-1-2-16-9-18-13/h1-5,9,17H,7-8H2. The van der Waals surface area contributed by atoms with E-state index in [0.717, 1.165) is 11.3 Å². The van der Waals surface area contributed by atoms with Gasteiger partial charge in [-0.1, -0.05) is 0 Å². The molecule has 0 saturated carbocycles. The van der Waals surface area contributed by atoms with Crippen molar-refractivity contribution in [3.05, 3.63) is 59.4 Å². The molecular weight excluding hydrogens is 231 g/mol. The lowest BCUT2D eigenvalue weighted by molar-refractivity contribution is 0.618. The number of benzene rings is 1. The molecule has 4 nitrogen and oxygen atoms in total. The van der Waals surface area contributed by atoms with Gasteiger partial charge in [-0.15, -0.1) is 0 Å². The van der Waals surface area contributed by atoms with Crippen LogP contribution in [-0.4, -0.2) is 9.97 Å². The topological polar surface area (TPSA) is 61.6 Å². The highest BCUT2D eigenvalue weighted by Crippen LogP contribution is 2.08. The van der Waals surface area contributed by atoms with Crippen molar-refractivity contribution in [1.82, 2.24) is 15.3 Å². The number of nitrogens with zero attached hydrogens (tertiary/aromatic N) is 3. The minimum atomic E-state index is -0.395. The molecule has 0 aliphatic carbocycles. The van der Waals surface area contributed by atoms with E-state index in [1.165, 1.54) is 18.5 Å². The van der Waals surface area contributed by atoms with Gasteiger partial charge in [-0.05, 0) is 29.8 Å². The Bertz CT molecular complexity index is 563. The first kappa shape index (κ1) is 12.1. The molecule has 0 aliphatic heterocycles. The molecule has 0 fully saturated rings. The summed E-state index contributed by atoms with van der Waals surface area (Å²) in [5.41, 5.74) is 1.93. The van der Waals surface area contributed by atoms with Crippen LogP contribution in [0.3, 0.4) is 0 Å². The van der Waals surface area contributed by atoms with Crippen LogP contribution >= 0.6 is 0 Å². The summed E-state index contributed by atoms with van der Waals surface area (Å²) in [6.45, 7) is 1.05. The molecule has 1 heterocycles. The van der Waals surface area contributed by atoms with E-state index in [2.05, 4.69) is 15.3 Å². The molecule has 0 saturated heterocycles. The number of nitrogens with one attached hydrogen (secondary N) is 1. The molecule has 0 radical (unpaired) electrons. The summed E-state index contributed by atoms with van der Waals surface area (Å²) in [6, 6.07) is 8.02. The Hall–Kier alpha value is -2.32. The van der Waals surface area contributed by atoms with Crippen LogP contribution in [0.2, 0.25) is 0 Å². The molecule has 1 aromatic heterocycles. The molecule has 2 aromatic rings. The minimum absolute atomic E-state index is 0.328. The second-order valence-electron chi connectivity index (χ2n) is 3.76. The van der Waals surface area contributed by atoms with Gasteiger partial charge in [-0.3, -0.25) is 0 Å². The van der Waals surface area contributed by atoms with E-state index in [0.29, 0.717) is 18.7 Å². The van der Waals surface area contributed by atoms with Crippen LogP contribution in [0.4, 0.5) is 4.39 Å². The van der Waals surface area contributed by atoms with Gasteiger partial charge in [0.2, 0.25) is 0 Å². The predicted octanol–water partition coefficient (Wildman–Crippen LogP) is 1.78. The fraction of sp³-hybridized carbons (Fsp3) is 0.154. The summed E-state index contributed by atoms with van der Waals surface area (Å²) in [4.78, 5) is 7.88. The summed E-state index contributed by atoms with van der Waals surface area (Å²) in [5.74, 6) is -0.395. The molecule has 1 N–H and O–H groups in total. The summed E-state index contributed by atoms with van der Waals surface area (Å²) in [6.07, 6.45) is 3.15. The Morgan fingerprint density at radius 2 is 2.17 bits per heavy atom. The minimum Gasteiger partial charge on any atom is -0.307 e. The fourth-order valence-electron chi connectivity index (χ4n) is 1.57. The SMILES string of the molecule is N#Cc1cc(F)cc(CNCc2ccncn2)c1. The lowest BCUT2D eigenvalue weighted by Crippen LogP contribution is -2.13. The molecule has 0 unspecified atom stereocenters. The summed E-state index contributed by atoms with van der Waals surface area (Å²) < 4.78 is 13.2. The maximum absolute atomic E-state index is 13.2. The van der Waals surface area contributed by atoms with Crippen LogP contribution in [0.5, 0.6) is 0 Å². The van der Waals surface area contributed by atoms with Gasteiger partial charge in [0.05, 0.1) is 17.3 Å². The third kappa shape index (κ3) is 3.34. The van der Waals surface area contributed by atoms with Crippen molar-refractivity contribution in [3.8, 4) is 6.07 Å². The summed E-state index contributed by atoms with van der Waals surface area (Å²) in [5, 5.41) is 11.9. The molecule has 2 rings (SSSR count). The van der Waals surface area contributed by atoms with Crippen molar-refractivity contribution in [2.24, 2.45) is 0 Å². The highest BCUT2D eigenvalue weighted by atomic mass is 19.1. The Balaban J connectivity index is 1.95. The van der Waals surface area contributed by atoms with Crippen molar-refractivity contribution in [2.75, 3.05) is 0 Å². The Labute approximate surface area is 104 Å². The monoisotopic (exact) mass is 242 g/mol. The van der Waals surface area contributed by atoms with E-state index in [1.54, 1.807) is 18.3 Å². The third-order valence-electron chi connectivity index (χ3n) is 2.37. The summed E-state index contributed by atoms with van der Waals surface area (Å²) >= 11 is 0. The fourth-order valence-corrected chi connectivity index (χ4v) is 1.57. The zero-order chi connectivity index (χ0) is 12.8. The van der Waals surface area contributed by atoms with Gasteiger partial charge in [-0.25, -0.2) is 14.4 Å². The van der Waals surface area contributed by atoms with Gasteiger partial charge in [0.1, 0.15) is 12.1 Å². The first-order chi connectivity index (χ1) is 8.78. The zero-order valence-electron chi connectivity index (χ0n) is 9.60. The highest BCUT2D eigenvalue weighted by Gasteiger charge is 2.00. The van der Waals surface area contributed by atoms with Crippen LogP contribution in [0.15, 0.2) is 36.8 Å². The van der Waals surface area contributed by atoms with Crippen molar-refractivity contribution < 1.29 is 4.39 Å². The quantitative estimate of drug-likeness (QED) is 0.887. The average molecular weight is 242 g/mol. The highest BCUT2D eigenvalue weighted by molar-refractivity contribution is 5.33. The molecule has 18 heavy (non-hydrogen) atoms. The summed E-state index contributed by atoms with van der Waals surface area (Å²) in [7, 11) is 0. The van der Waals surface area contributed by atoms with Crippen molar-refractivity contribution in [1.29, 1.82) is 5.26 Å². The smallest absolute Gasteiger partial charge is 0.124 e. The molecular formula is C13H11FN4. The van der Waals surface area contributed by atoms with Crippen LogP contribution in [0.1, 0.15) is 16.8 Å². The van der Waals surface area contributed by atoms with Crippen LogP contribution in [0.25, 0.3) is 0 Å². The average Bonchev–Trinajstić information content (AvgIpc) is 2.39. The molecule has 90 valence electrons. The van der Waals surface area contributed by atoms with E-state index in [-0.39, 0.29) is 0 Å². The Morgan fingerprint density at radius 1 is 1.28 bits per heavy atom.